The summed E-state index contributed by atoms with van der Waals surface area (Å²) in [5, 5.41) is 0. The molecule has 0 spiro atoms. The van der Waals surface area contributed by atoms with E-state index >= 15 is 0 Å². The average molecular weight is 148 g/mol. The lowest BCUT2D eigenvalue weighted by Gasteiger charge is -2.53. The molecule has 4 aliphatic carbocycles. The Balaban J connectivity index is 1.91. The first-order chi connectivity index (χ1) is 5.33. The molecule has 0 aromatic rings. The molecule has 4 fully saturated rings. The maximum Gasteiger partial charge on any atom is -0.0209 e. The van der Waals surface area contributed by atoms with Crippen molar-refractivity contribution >= 4 is 0 Å². The van der Waals surface area contributed by atoms with E-state index in [1.807, 2.05) is 11.8 Å². The minimum atomic E-state index is 1.02. The van der Waals surface area contributed by atoms with Gasteiger partial charge in [0.1, 0.15) is 0 Å². The molecule has 0 aromatic carbocycles. The van der Waals surface area contributed by atoms with Crippen molar-refractivity contribution in [2.75, 3.05) is 0 Å². The molecule has 4 bridgehead atoms. The topological polar surface area (TPSA) is 0 Å². The highest BCUT2D eigenvalue weighted by molar-refractivity contribution is 5.19. The maximum absolute atomic E-state index is 2.41. The van der Waals surface area contributed by atoms with E-state index in [1.165, 1.54) is 32.1 Å². The summed E-state index contributed by atoms with van der Waals surface area (Å²) in [6.07, 6.45) is 7.51. The summed E-state index contributed by atoms with van der Waals surface area (Å²) in [6.45, 7) is 2.41. The van der Waals surface area contributed by atoms with Gasteiger partial charge in [0.15, 0.2) is 0 Å². The van der Waals surface area contributed by atoms with Gasteiger partial charge in [0, 0.05) is 0 Å². The lowest BCUT2D eigenvalue weighted by Crippen LogP contribution is -2.41. The second kappa shape index (κ2) is 2.02. The zero-order valence-corrected chi connectivity index (χ0v) is 7.27. The zero-order valence-electron chi connectivity index (χ0n) is 7.27. The molecular weight excluding hydrogens is 132 g/mol. The van der Waals surface area contributed by atoms with Gasteiger partial charge in [-0.3, -0.25) is 0 Å². The molecule has 0 nitrogen and oxygen atoms in total. The van der Waals surface area contributed by atoms with Crippen LogP contribution in [0.4, 0.5) is 0 Å². The SMILES string of the molecule is C[C]1C2C[C]3CC(C2)CC1C3. The minimum absolute atomic E-state index is 1.02. The van der Waals surface area contributed by atoms with E-state index in [0.29, 0.717) is 0 Å². The maximum atomic E-state index is 2.41. The third-order valence-electron chi connectivity index (χ3n) is 4.17. The zero-order chi connectivity index (χ0) is 7.42. The Hall–Kier alpha value is 0. The largest absolute Gasteiger partial charge is 0.0586 e. The molecule has 0 N–H and O–H groups in total. The monoisotopic (exact) mass is 148 g/mol. The van der Waals surface area contributed by atoms with Crippen molar-refractivity contribution in [3.05, 3.63) is 11.8 Å². The van der Waals surface area contributed by atoms with E-state index in [4.69, 9.17) is 0 Å². The van der Waals surface area contributed by atoms with Crippen LogP contribution in [0.2, 0.25) is 0 Å². The van der Waals surface area contributed by atoms with E-state index in [1.54, 1.807) is 0 Å². The Morgan fingerprint density at radius 1 is 1.00 bits per heavy atom. The van der Waals surface area contributed by atoms with Crippen molar-refractivity contribution in [2.24, 2.45) is 17.8 Å². The van der Waals surface area contributed by atoms with Gasteiger partial charge in [-0.25, -0.2) is 0 Å². The molecule has 2 atom stereocenters. The van der Waals surface area contributed by atoms with Gasteiger partial charge in [0.05, 0.1) is 0 Å². The fourth-order valence-electron chi connectivity index (χ4n) is 3.62. The summed E-state index contributed by atoms with van der Waals surface area (Å²) < 4.78 is 0. The van der Waals surface area contributed by atoms with Crippen LogP contribution in [0.15, 0.2) is 0 Å². The summed E-state index contributed by atoms with van der Waals surface area (Å²) in [5.74, 6) is 6.91. The van der Waals surface area contributed by atoms with Crippen LogP contribution in [0.25, 0.3) is 0 Å². The second-order valence-electron chi connectivity index (χ2n) is 4.84. The third kappa shape index (κ3) is 0.816. The molecule has 2 unspecified atom stereocenters. The van der Waals surface area contributed by atoms with E-state index < -0.39 is 0 Å². The van der Waals surface area contributed by atoms with Crippen LogP contribution >= 0.6 is 0 Å². The van der Waals surface area contributed by atoms with Gasteiger partial charge in [-0.05, 0) is 61.7 Å². The van der Waals surface area contributed by atoms with Crippen molar-refractivity contribution in [1.82, 2.24) is 0 Å². The predicted molar refractivity (Wildman–Crippen MR) is 45.7 cm³/mol. The second-order valence-corrected chi connectivity index (χ2v) is 4.84. The smallest absolute Gasteiger partial charge is 0.0209 e. The molecule has 2 radical (unpaired) electrons. The Morgan fingerprint density at radius 3 is 2.18 bits per heavy atom. The molecule has 0 saturated heterocycles. The van der Waals surface area contributed by atoms with Crippen LogP contribution in [0.3, 0.4) is 0 Å². The molecule has 0 heteroatoms. The van der Waals surface area contributed by atoms with Gasteiger partial charge in [-0.15, -0.1) is 0 Å². The summed E-state index contributed by atoms with van der Waals surface area (Å²) in [4.78, 5) is 0. The van der Waals surface area contributed by atoms with Crippen LogP contribution in [0, 0.1) is 29.6 Å². The van der Waals surface area contributed by atoms with Gasteiger partial charge in [0.25, 0.3) is 0 Å². The van der Waals surface area contributed by atoms with Gasteiger partial charge >= 0.3 is 0 Å². The van der Waals surface area contributed by atoms with Crippen molar-refractivity contribution in [1.29, 1.82) is 0 Å². The summed E-state index contributed by atoms with van der Waals surface area (Å²) in [5.41, 5.74) is 0. The Labute approximate surface area is 69.4 Å². The van der Waals surface area contributed by atoms with Crippen LogP contribution in [-0.4, -0.2) is 0 Å². The highest BCUT2D eigenvalue weighted by Crippen LogP contribution is 2.57. The lowest BCUT2D eigenvalue weighted by molar-refractivity contribution is 0.120. The molecule has 0 aliphatic heterocycles. The number of hydrogen-bond donors (Lipinski definition) is 0. The third-order valence-corrected chi connectivity index (χ3v) is 4.17. The molecule has 4 aliphatic rings. The van der Waals surface area contributed by atoms with Crippen molar-refractivity contribution in [3.8, 4) is 0 Å². The van der Waals surface area contributed by atoms with Crippen LogP contribution in [0.5, 0.6) is 0 Å². The number of hydrogen-bond acceptors (Lipinski definition) is 0. The lowest BCUT2D eigenvalue weighted by atomic mass is 9.52. The predicted octanol–water partition coefficient (Wildman–Crippen LogP) is 3.00. The molecule has 11 heavy (non-hydrogen) atoms. The van der Waals surface area contributed by atoms with Crippen molar-refractivity contribution in [2.45, 2.75) is 39.0 Å². The Kier molecular flexibility index (Phi) is 1.20. The molecule has 0 aromatic heterocycles. The summed E-state index contributed by atoms with van der Waals surface area (Å²) in [7, 11) is 0. The van der Waals surface area contributed by atoms with Gasteiger partial charge < -0.3 is 0 Å². The molecule has 4 saturated carbocycles. The minimum Gasteiger partial charge on any atom is -0.0586 e. The first kappa shape index (κ1) is 6.51. The fraction of sp³-hybridized carbons (Fsp3) is 0.818. The molecule has 4 rings (SSSR count). The molecule has 0 amide bonds. The van der Waals surface area contributed by atoms with Gasteiger partial charge in [-0.2, -0.15) is 0 Å². The van der Waals surface area contributed by atoms with Crippen LogP contribution in [0.1, 0.15) is 39.0 Å². The molecule has 0 heterocycles. The van der Waals surface area contributed by atoms with E-state index in [2.05, 4.69) is 6.92 Å². The van der Waals surface area contributed by atoms with E-state index in [9.17, 15) is 0 Å². The van der Waals surface area contributed by atoms with Gasteiger partial charge in [-0.1, -0.05) is 6.92 Å². The molecule has 60 valence electrons. The normalized spacial score (nSPS) is 50.5. The van der Waals surface area contributed by atoms with Crippen LogP contribution in [-0.2, 0) is 0 Å². The summed E-state index contributed by atoms with van der Waals surface area (Å²) >= 11 is 0. The first-order valence-electron chi connectivity index (χ1n) is 5.00. The van der Waals surface area contributed by atoms with Crippen LogP contribution < -0.4 is 0 Å². The average Bonchev–Trinajstić information content (AvgIpc) is 1.98. The van der Waals surface area contributed by atoms with E-state index in [-0.39, 0.29) is 0 Å². The standard InChI is InChI=1S/C11H16/c1-7-10-3-8-2-9(5-10)6-11(7)4-8/h8,10-11H,2-6H2,1H3. The number of rotatable bonds is 0. The molecular formula is C11H16. The van der Waals surface area contributed by atoms with E-state index in [0.717, 1.165) is 17.8 Å². The summed E-state index contributed by atoms with van der Waals surface area (Å²) in [6, 6.07) is 0. The van der Waals surface area contributed by atoms with Gasteiger partial charge in [0.2, 0.25) is 0 Å². The highest BCUT2D eigenvalue weighted by atomic mass is 14.5. The quantitative estimate of drug-likeness (QED) is 0.495. The first-order valence-corrected chi connectivity index (χ1v) is 5.00. The fourth-order valence-corrected chi connectivity index (χ4v) is 3.62. The van der Waals surface area contributed by atoms with Crippen molar-refractivity contribution < 1.29 is 0 Å². The van der Waals surface area contributed by atoms with Crippen molar-refractivity contribution in [3.63, 3.8) is 0 Å². The highest BCUT2D eigenvalue weighted by Gasteiger charge is 2.46. The Bertz CT molecular complexity index is 143. The Morgan fingerprint density at radius 2 is 1.64 bits per heavy atom.